The zero-order valence-electron chi connectivity index (χ0n) is 11.9. The van der Waals surface area contributed by atoms with Crippen LogP contribution in [0.4, 0.5) is 0 Å². The fourth-order valence-electron chi connectivity index (χ4n) is 2.63. The summed E-state index contributed by atoms with van der Waals surface area (Å²) >= 11 is 5.82. The van der Waals surface area contributed by atoms with Crippen LogP contribution in [-0.4, -0.2) is 41.3 Å². The van der Waals surface area contributed by atoms with E-state index in [1.165, 1.54) is 23.4 Å². The van der Waals surface area contributed by atoms with Crippen molar-refractivity contribution in [2.24, 2.45) is 5.92 Å². The van der Waals surface area contributed by atoms with Crippen LogP contribution in [0.25, 0.3) is 0 Å². The van der Waals surface area contributed by atoms with Crippen LogP contribution in [0.1, 0.15) is 12.8 Å². The molecule has 0 saturated carbocycles. The Morgan fingerprint density at radius 2 is 2.09 bits per heavy atom. The molecule has 1 N–H and O–H groups in total. The van der Waals surface area contributed by atoms with E-state index >= 15 is 0 Å². The lowest BCUT2D eigenvalue weighted by Crippen LogP contribution is -2.39. The molecule has 0 bridgehead atoms. The van der Waals surface area contributed by atoms with Crippen molar-refractivity contribution in [3.8, 4) is 5.75 Å². The SMILES string of the molecule is O=C1C=C(Oc2cncc(Cl)c2)C(=O)N1CC1CCNCC1. The molecule has 1 fully saturated rings. The first-order valence-corrected chi connectivity index (χ1v) is 7.58. The molecule has 22 heavy (non-hydrogen) atoms. The topological polar surface area (TPSA) is 71.5 Å². The minimum Gasteiger partial charge on any atom is -0.450 e. The Kier molecular flexibility index (Phi) is 4.40. The fraction of sp³-hybridized carbons (Fsp3) is 0.400. The van der Waals surface area contributed by atoms with Gasteiger partial charge in [0.05, 0.1) is 17.3 Å². The van der Waals surface area contributed by atoms with Crippen molar-refractivity contribution in [1.82, 2.24) is 15.2 Å². The van der Waals surface area contributed by atoms with Crippen molar-refractivity contribution in [2.75, 3.05) is 19.6 Å². The van der Waals surface area contributed by atoms with Gasteiger partial charge in [-0.25, -0.2) is 0 Å². The van der Waals surface area contributed by atoms with E-state index < -0.39 is 5.91 Å². The lowest BCUT2D eigenvalue weighted by atomic mass is 9.97. The second kappa shape index (κ2) is 6.46. The largest absolute Gasteiger partial charge is 0.450 e. The summed E-state index contributed by atoms with van der Waals surface area (Å²) in [4.78, 5) is 29.5. The molecule has 1 aromatic heterocycles. The second-order valence-corrected chi connectivity index (χ2v) is 5.83. The lowest BCUT2D eigenvalue weighted by Gasteiger charge is -2.26. The molecular formula is C15H16ClN3O3. The summed E-state index contributed by atoms with van der Waals surface area (Å²) in [5, 5.41) is 3.67. The molecule has 0 unspecified atom stereocenters. The van der Waals surface area contributed by atoms with E-state index in [2.05, 4.69) is 10.3 Å². The average Bonchev–Trinajstić information content (AvgIpc) is 2.76. The maximum absolute atomic E-state index is 12.3. The standard InChI is InChI=1S/C15H16ClN3O3/c16-11-5-12(8-18-7-11)22-13-6-14(20)19(15(13)21)9-10-1-3-17-4-2-10/h5-8,10,17H,1-4,9H2. The number of halogens is 1. The molecule has 2 aliphatic rings. The number of nitrogens with zero attached hydrogens (tertiary/aromatic N) is 2. The summed E-state index contributed by atoms with van der Waals surface area (Å²) in [6, 6.07) is 1.54. The predicted octanol–water partition coefficient (Wildman–Crippen LogP) is 1.37. The Morgan fingerprint density at radius 3 is 2.82 bits per heavy atom. The monoisotopic (exact) mass is 321 g/mol. The summed E-state index contributed by atoms with van der Waals surface area (Å²) in [5.74, 6) is -0.0293. The van der Waals surface area contributed by atoms with E-state index in [1.807, 2.05) is 0 Å². The Balaban J connectivity index is 1.66. The summed E-state index contributed by atoms with van der Waals surface area (Å²) in [6.45, 7) is 2.29. The molecule has 6 nitrogen and oxygen atoms in total. The van der Waals surface area contributed by atoms with E-state index in [0.29, 0.717) is 23.2 Å². The minimum atomic E-state index is -0.400. The second-order valence-electron chi connectivity index (χ2n) is 5.40. The molecule has 7 heteroatoms. The van der Waals surface area contributed by atoms with Crippen LogP contribution in [0, 0.1) is 5.92 Å². The Morgan fingerprint density at radius 1 is 1.32 bits per heavy atom. The number of ether oxygens (including phenoxy) is 1. The van der Waals surface area contributed by atoms with Gasteiger partial charge < -0.3 is 10.1 Å². The van der Waals surface area contributed by atoms with E-state index in [4.69, 9.17) is 16.3 Å². The van der Waals surface area contributed by atoms with E-state index in [1.54, 1.807) is 6.07 Å². The summed E-state index contributed by atoms with van der Waals surface area (Å²) in [6.07, 6.45) is 6.06. The van der Waals surface area contributed by atoms with Gasteiger partial charge in [-0.1, -0.05) is 11.6 Å². The maximum Gasteiger partial charge on any atom is 0.296 e. The number of imide groups is 1. The smallest absolute Gasteiger partial charge is 0.296 e. The molecular weight excluding hydrogens is 306 g/mol. The zero-order chi connectivity index (χ0) is 15.5. The molecule has 0 aromatic carbocycles. The normalized spacial score (nSPS) is 19.5. The van der Waals surface area contributed by atoms with Crippen molar-refractivity contribution in [1.29, 1.82) is 0 Å². The molecule has 0 radical (unpaired) electrons. The van der Waals surface area contributed by atoms with Gasteiger partial charge in [0.25, 0.3) is 11.8 Å². The first-order chi connectivity index (χ1) is 10.6. The van der Waals surface area contributed by atoms with Gasteiger partial charge in [0.2, 0.25) is 0 Å². The number of carbonyl (C=O) groups is 2. The quantitative estimate of drug-likeness (QED) is 0.848. The van der Waals surface area contributed by atoms with Crippen LogP contribution in [0.5, 0.6) is 5.75 Å². The van der Waals surface area contributed by atoms with Gasteiger partial charge in [0.1, 0.15) is 5.75 Å². The number of rotatable bonds is 4. The van der Waals surface area contributed by atoms with Crippen LogP contribution < -0.4 is 10.1 Å². The first kappa shape index (κ1) is 15.0. The van der Waals surface area contributed by atoms with Crippen molar-refractivity contribution >= 4 is 23.4 Å². The highest BCUT2D eigenvalue weighted by atomic mass is 35.5. The number of hydrogen-bond donors (Lipinski definition) is 1. The summed E-state index contributed by atoms with van der Waals surface area (Å²) in [7, 11) is 0. The average molecular weight is 322 g/mol. The number of hydrogen-bond acceptors (Lipinski definition) is 5. The third-order valence-electron chi connectivity index (χ3n) is 3.78. The van der Waals surface area contributed by atoms with Gasteiger partial charge in [-0.2, -0.15) is 0 Å². The van der Waals surface area contributed by atoms with Gasteiger partial charge in [-0.15, -0.1) is 0 Å². The molecule has 3 heterocycles. The molecule has 3 rings (SSSR count). The molecule has 2 amide bonds. The van der Waals surface area contributed by atoms with Gasteiger partial charge in [0.15, 0.2) is 5.76 Å². The fourth-order valence-corrected chi connectivity index (χ4v) is 2.79. The predicted molar refractivity (Wildman–Crippen MR) is 80.3 cm³/mol. The molecule has 0 spiro atoms. The Hall–Kier alpha value is -1.92. The number of amides is 2. The van der Waals surface area contributed by atoms with E-state index in [-0.39, 0.29) is 11.7 Å². The van der Waals surface area contributed by atoms with Crippen molar-refractivity contribution in [3.05, 3.63) is 35.3 Å². The molecule has 116 valence electrons. The van der Waals surface area contributed by atoms with Crippen LogP contribution >= 0.6 is 11.6 Å². The number of nitrogens with one attached hydrogen (secondary N) is 1. The molecule has 0 atom stereocenters. The Bertz CT molecular complexity index is 626. The van der Waals surface area contributed by atoms with Crippen molar-refractivity contribution < 1.29 is 14.3 Å². The minimum absolute atomic E-state index is 0.0167. The molecule has 2 aliphatic heterocycles. The molecule has 0 aliphatic carbocycles. The van der Waals surface area contributed by atoms with E-state index in [9.17, 15) is 9.59 Å². The highest BCUT2D eigenvalue weighted by Gasteiger charge is 2.34. The summed E-state index contributed by atoms with van der Waals surface area (Å²) < 4.78 is 5.45. The third-order valence-corrected chi connectivity index (χ3v) is 3.99. The van der Waals surface area contributed by atoms with Gasteiger partial charge >= 0.3 is 0 Å². The van der Waals surface area contributed by atoms with Crippen molar-refractivity contribution in [2.45, 2.75) is 12.8 Å². The Labute approximate surface area is 133 Å². The van der Waals surface area contributed by atoms with E-state index in [0.717, 1.165) is 25.9 Å². The number of pyridine rings is 1. The van der Waals surface area contributed by atoms with Gasteiger partial charge in [-0.3, -0.25) is 19.5 Å². The van der Waals surface area contributed by atoms with Gasteiger partial charge in [0, 0.05) is 18.8 Å². The van der Waals surface area contributed by atoms with Crippen LogP contribution in [0.3, 0.4) is 0 Å². The lowest BCUT2D eigenvalue weighted by molar-refractivity contribution is -0.139. The highest BCUT2D eigenvalue weighted by Crippen LogP contribution is 2.23. The number of piperidine rings is 1. The first-order valence-electron chi connectivity index (χ1n) is 7.20. The highest BCUT2D eigenvalue weighted by molar-refractivity contribution is 6.30. The third kappa shape index (κ3) is 3.28. The number of carbonyl (C=O) groups excluding carboxylic acids is 2. The summed E-state index contributed by atoms with van der Waals surface area (Å²) in [5.41, 5.74) is 0. The van der Waals surface area contributed by atoms with Crippen LogP contribution in [0.2, 0.25) is 5.02 Å². The number of aromatic nitrogens is 1. The maximum atomic E-state index is 12.3. The molecule has 1 saturated heterocycles. The van der Waals surface area contributed by atoms with Crippen LogP contribution in [-0.2, 0) is 9.59 Å². The molecule has 1 aromatic rings. The zero-order valence-corrected chi connectivity index (χ0v) is 12.7. The van der Waals surface area contributed by atoms with Crippen molar-refractivity contribution in [3.63, 3.8) is 0 Å². The van der Waals surface area contributed by atoms with Crippen LogP contribution in [0.15, 0.2) is 30.3 Å². The van der Waals surface area contributed by atoms with Gasteiger partial charge in [-0.05, 0) is 31.8 Å².